The first kappa shape index (κ1) is 17.9. The van der Waals surface area contributed by atoms with Gasteiger partial charge in [0.05, 0.1) is 23.1 Å². The summed E-state index contributed by atoms with van der Waals surface area (Å²) in [7, 11) is -2.31. The van der Waals surface area contributed by atoms with E-state index in [1.54, 1.807) is 25.2 Å². The first-order valence-corrected chi connectivity index (χ1v) is 9.78. The van der Waals surface area contributed by atoms with Crippen LogP contribution in [0.1, 0.15) is 11.7 Å². The van der Waals surface area contributed by atoms with E-state index in [1.807, 2.05) is 0 Å². The zero-order valence-electron chi connectivity index (χ0n) is 14.5. The number of morpholine rings is 1. The molecule has 0 saturated carbocycles. The fraction of sp³-hybridized carbons (Fsp3) is 0.278. The van der Waals surface area contributed by atoms with E-state index in [1.165, 1.54) is 33.1 Å². The second kappa shape index (κ2) is 6.59. The molecule has 1 aromatic heterocycles. The molecule has 9 heteroatoms. The highest BCUT2D eigenvalue weighted by atomic mass is 32.2. The highest BCUT2D eigenvalue weighted by Crippen LogP contribution is 2.29. The first-order chi connectivity index (χ1) is 12.9. The topological polar surface area (TPSA) is 81.8 Å². The van der Waals surface area contributed by atoms with Crippen molar-refractivity contribution in [1.29, 1.82) is 0 Å². The Morgan fingerprint density at radius 2 is 1.96 bits per heavy atom. The molecule has 0 radical (unpaired) electrons. The van der Waals surface area contributed by atoms with Crippen LogP contribution in [0.2, 0.25) is 0 Å². The predicted molar refractivity (Wildman–Crippen MR) is 95.3 cm³/mol. The van der Waals surface area contributed by atoms with Crippen LogP contribution >= 0.6 is 0 Å². The highest BCUT2D eigenvalue weighted by Gasteiger charge is 2.33. The molecule has 1 aliphatic rings. The maximum absolute atomic E-state index is 14.0. The highest BCUT2D eigenvalue weighted by molar-refractivity contribution is 7.89. The number of hydrogen-bond acceptors (Lipinski definition) is 5. The van der Waals surface area contributed by atoms with Gasteiger partial charge in [-0.25, -0.2) is 17.6 Å². The average Bonchev–Trinajstić information content (AvgIpc) is 2.96. The lowest BCUT2D eigenvalue weighted by molar-refractivity contribution is -0.00442. The lowest BCUT2D eigenvalue weighted by Crippen LogP contribution is -2.42. The third-order valence-corrected chi connectivity index (χ3v) is 6.54. The van der Waals surface area contributed by atoms with Gasteiger partial charge in [0.25, 0.3) is 0 Å². The normalized spacial score (nSPS) is 18.8. The molecular weight excluding hydrogens is 375 g/mol. The Kier molecular flexibility index (Phi) is 4.37. The fourth-order valence-corrected chi connectivity index (χ4v) is 4.63. The van der Waals surface area contributed by atoms with E-state index in [2.05, 4.69) is 0 Å². The van der Waals surface area contributed by atoms with Crippen molar-refractivity contribution in [3.63, 3.8) is 0 Å². The van der Waals surface area contributed by atoms with Crippen molar-refractivity contribution in [2.75, 3.05) is 19.7 Å². The van der Waals surface area contributed by atoms with Crippen molar-refractivity contribution in [3.8, 4) is 0 Å². The number of aromatic nitrogens is 1. The van der Waals surface area contributed by atoms with Gasteiger partial charge in [-0.3, -0.25) is 4.57 Å². The molecule has 7 nitrogen and oxygen atoms in total. The molecule has 0 bridgehead atoms. The summed E-state index contributed by atoms with van der Waals surface area (Å²) in [5, 5.41) is 0. The van der Waals surface area contributed by atoms with Crippen LogP contribution in [0.5, 0.6) is 0 Å². The number of ether oxygens (including phenoxy) is 1. The van der Waals surface area contributed by atoms with Crippen LogP contribution in [0, 0.1) is 5.82 Å². The Morgan fingerprint density at radius 3 is 2.74 bits per heavy atom. The van der Waals surface area contributed by atoms with E-state index in [-0.39, 0.29) is 30.2 Å². The Balaban J connectivity index is 1.67. The number of rotatable bonds is 3. The molecule has 0 aliphatic carbocycles. The summed E-state index contributed by atoms with van der Waals surface area (Å²) in [6, 6.07) is 10.4. The molecule has 0 amide bonds. The summed E-state index contributed by atoms with van der Waals surface area (Å²) in [6.07, 6.45) is -0.687. The minimum absolute atomic E-state index is 0.0000416. The molecule has 3 aromatic rings. The Morgan fingerprint density at radius 1 is 1.19 bits per heavy atom. The molecule has 142 valence electrons. The van der Waals surface area contributed by atoms with E-state index in [0.717, 1.165) is 0 Å². The van der Waals surface area contributed by atoms with Gasteiger partial charge in [0.15, 0.2) is 5.58 Å². The van der Waals surface area contributed by atoms with Crippen LogP contribution in [0.4, 0.5) is 4.39 Å². The summed E-state index contributed by atoms with van der Waals surface area (Å²) in [5.41, 5.74) is 1.02. The molecule has 1 saturated heterocycles. The zero-order chi connectivity index (χ0) is 19.2. The molecule has 27 heavy (non-hydrogen) atoms. The van der Waals surface area contributed by atoms with E-state index in [4.69, 9.17) is 9.15 Å². The number of oxazole rings is 1. The molecule has 1 fully saturated rings. The fourth-order valence-electron chi connectivity index (χ4n) is 3.19. The van der Waals surface area contributed by atoms with E-state index >= 15 is 0 Å². The molecule has 4 rings (SSSR count). The molecule has 1 aliphatic heterocycles. The molecule has 0 spiro atoms. The van der Waals surface area contributed by atoms with Gasteiger partial charge in [-0.05, 0) is 18.2 Å². The molecule has 1 unspecified atom stereocenters. The second-order valence-electron chi connectivity index (χ2n) is 6.30. The standard InChI is InChI=1S/C18H17FN2O5S/c1-20-15-7-6-12(10-16(15)26-18(20)22)27(23,24)21-8-9-25-17(11-21)13-4-2-3-5-14(13)19/h2-7,10,17H,8-9,11H2,1H3. The SMILES string of the molecule is Cn1c(=O)oc2cc(S(=O)(=O)N3CCOC(c4ccccc4F)C3)ccc21. The summed E-state index contributed by atoms with van der Waals surface area (Å²) in [5.74, 6) is -1.00. The smallest absolute Gasteiger partial charge is 0.408 e. The number of sulfonamides is 1. The van der Waals surface area contributed by atoms with Crippen LogP contribution in [-0.2, 0) is 21.8 Å². The van der Waals surface area contributed by atoms with Crippen molar-refractivity contribution < 1.29 is 22.0 Å². The van der Waals surface area contributed by atoms with Crippen molar-refractivity contribution in [3.05, 3.63) is 64.4 Å². The zero-order valence-corrected chi connectivity index (χ0v) is 15.3. The molecule has 1 atom stereocenters. The Bertz CT molecular complexity index is 1170. The van der Waals surface area contributed by atoms with Crippen LogP contribution in [0.15, 0.2) is 56.6 Å². The van der Waals surface area contributed by atoms with Gasteiger partial charge >= 0.3 is 5.76 Å². The van der Waals surface area contributed by atoms with E-state index < -0.39 is 27.7 Å². The monoisotopic (exact) mass is 392 g/mol. The minimum Gasteiger partial charge on any atom is -0.408 e. The Labute approximate surface area is 154 Å². The van der Waals surface area contributed by atoms with Crippen molar-refractivity contribution in [1.82, 2.24) is 8.87 Å². The molecule has 0 N–H and O–H groups in total. The third kappa shape index (κ3) is 3.07. The van der Waals surface area contributed by atoms with Gasteiger partial charge in [0.2, 0.25) is 10.0 Å². The third-order valence-electron chi connectivity index (χ3n) is 4.68. The van der Waals surface area contributed by atoms with Gasteiger partial charge in [-0.15, -0.1) is 0 Å². The van der Waals surface area contributed by atoms with Crippen LogP contribution in [0.3, 0.4) is 0 Å². The predicted octanol–water partition coefficient (Wildman–Crippen LogP) is 2.03. The summed E-state index contributed by atoms with van der Waals surface area (Å²) >= 11 is 0. The number of halogens is 1. The first-order valence-electron chi connectivity index (χ1n) is 8.33. The van der Waals surface area contributed by atoms with Crippen LogP contribution in [-0.4, -0.2) is 37.0 Å². The lowest BCUT2D eigenvalue weighted by atomic mass is 10.1. The van der Waals surface area contributed by atoms with Crippen molar-refractivity contribution in [2.24, 2.45) is 7.05 Å². The number of nitrogens with zero attached hydrogens (tertiary/aromatic N) is 2. The molecular formula is C18H17FN2O5S. The average molecular weight is 392 g/mol. The van der Waals surface area contributed by atoms with Crippen LogP contribution in [0.25, 0.3) is 11.1 Å². The largest absolute Gasteiger partial charge is 0.419 e. The van der Waals surface area contributed by atoms with Gasteiger partial charge in [-0.1, -0.05) is 18.2 Å². The lowest BCUT2D eigenvalue weighted by Gasteiger charge is -2.32. The summed E-state index contributed by atoms with van der Waals surface area (Å²) < 4.78 is 53.3. The number of hydrogen-bond donors (Lipinski definition) is 0. The summed E-state index contributed by atoms with van der Waals surface area (Å²) in [6.45, 7) is 0.311. The minimum atomic E-state index is -3.85. The van der Waals surface area contributed by atoms with Crippen LogP contribution < -0.4 is 5.76 Å². The molecule has 2 heterocycles. The van der Waals surface area contributed by atoms with Gasteiger partial charge in [0, 0.05) is 31.8 Å². The number of benzene rings is 2. The maximum Gasteiger partial charge on any atom is 0.419 e. The number of fused-ring (bicyclic) bond motifs is 1. The van der Waals surface area contributed by atoms with Crippen molar-refractivity contribution >= 4 is 21.1 Å². The van der Waals surface area contributed by atoms with E-state index in [9.17, 15) is 17.6 Å². The van der Waals surface area contributed by atoms with E-state index in [0.29, 0.717) is 11.1 Å². The Hall–Kier alpha value is -2.49. The van der Waals surface area contributed by atoms with Crippen molar-refractivity contribution in [2.45, 2.75) is 11.0 Å². The summed E-state index contributed by atoms with van der Waals surface area (Å²) in [4.78, 5) is 11.6. The maximum atomic E-state index is 14.0. The van der Waals surface area contributed by atoms with Gasteiger partial charge in [0.1, 0.15) is 5.82 Å². The van der Waals surface area contributed by atoms with Gasteiger partial charge < -0.3 is 9.15 Å². The second-order valence-corrected chi connectivity index (χ2v) is 8.24. The number of aryl methyl sites for hydroxylation is 1. The van der Waals surface area contributed by atoms with Gasteiger partial charge in [-0.2, -0.15) is 4.31 Å². The quantitative estimate of drug-likeness (QED) is 0.681. The molecule has 2 aromatic carbocycles.